The Bertz CT molecular complexity index is 275. The van der Waals surface area contributed by atoms with Gasteiger partial charge in [-0.05, 0) is 17.7 Å². The highest BCUT2D eigenvalue weighted by Crippen LogP contribution is 2.30. The van der Waals surface area contributed by atoms with Crippen molar-refractivity contribution in [2.24, 2.45) is 5.84 Å². The normalized spacial score (nSPS) is 28.5. The lowest BCUT2D eigenvalue weighted by Crippen LogP contribution is -2.05. The second-order valence-electron chi connectivity index (χ2n) is 2.77. The van der Waals surface area contributed by atoms with Crippen molar-refractivity contribution in [1.82, 2.24) is 5.01 Å². The molecule has 0 aromatic heterocycles. The van der Waals surface area contributed by atoms with Crippen LogP contribution in [0.25, 0.3) is 0 Å². The molecule has 1 aromatic carbocycles. The monoisotopic (exact) mass is 152 g/mol. The Morgan fingerprint density at radius 1 is 1.55 bits per heavy atom. The van der Waals surface area contributed by atoms with Gasteiger partial charge in [0.25, 0.3) is 0 Å². The van der Waals surface area contributed by atoms with Crippen LogP contribution in [0, 0.1) is 5.82 Å². The van der Waals surface area contributed by atoms with E-state index in [1.807, 2.05) is 6.07 Å². The summed E-state index contributed by atoms with van der Waals surface area (Å²) >= 11 is 0. The SMILES string of the molecule is NN1CC1c1cccc(F)c1. The third-order valence-electron chi connectivity index (χ3n) is 1.88. The van der Waals surface area contributed by atoms with Crippen molar-refractivity contribution in [3.05, 3.63) is 35.6 Å². The number of nitrogens with two attached hydrogens (primary N) is 1. The van der Waals surface area contributed by atoms with Crippen LogP contribution in [0.1, 0.15) is 11.6 Å². The predicted molar refractivity (Wildman–Crippen MR) is 40.0 cm³/mol. The van der Waals surface area contributed by atoms with E-state index in [9.17, 15) is 4.39 Å². The molecular formula is C8H9FN2. The van der Waals surface area contributed by atoms with Gasteiger partial charge in [-0.3, -0.25) is 5.84 Å². The maximum Gasteiger partial charge on any atom is 0.123 e. The maximum absolute atomic E-state index is 12.6. The zero-order valence-electron chi connectivity index (χ0n) is 6.00. The third-order valence-corrected chi connectivity index (χ3v) is 1.88. The minimum absolute atomic E-state index is 0.192. The molecule has 2 unspecified atom stereocenters. The van der Waals surface area contributed by atoms with Crippen LogP contribution in [-0.2, 0) is 0 Å². The first-order valence-electron chi connectivity index (χ1n) is 3.54. The van der Waals surface area contributed by atoms with E-state index >= 15 is 0 Å². The summed E-state index contributed by atoms with van der Waals surface area (Å²) in [5.74, 6) is 5.27. The lowest BCUT2D eigenvalue weighted by molar-refractivity contribution is 0.545. The number of halogens is 1. The van der Waals surface area contributed by atoms with Crippen molar-refractivity contribution in [3.8, 4) is 0 Å². The van der Waals surface area contributed by atoms with Gasteiger partial charge in [0.15, 0.2) is 0 Å². The smallest absolute Gasteiger partial charge is 0.123 e. The van der Waals surface area contributed by atoms with E-state index in [1.165, 1.54) is 12.1 Å². The first kappa shape index (κ1) is 6.76. The average Bonchev–Trinajstić information content (AvgIpc) is 2.67. The molecule has 1 aliphatic rings. The van der Waals surface area contributed by atoms with Crippen molar-refractivity contribution in [3.63, 3.8) is 0 Å². The van der Waals surface area contributed by atoms with Gasteiger partial charge in [0.05, 0.1) is 6.04 Å². The maximum atomic E-state index is 12.6. The van der Waals surface area contributed by atoms with Gasteiger partial charge in [-0.1, -0.05) is 12.1 Å². The fourth-order valence-electron chi connectivity index (χ4n) is 1.16. The van der Waals surface area contributed by atoms with Crippen LogP contribution >= 0.6 is 0 Å². The molecular weight excluding hydrogens is 143 g/mol. The van der Waals surface area contributed by atoms with E-state index in [-0.39, 0.29) is 11.9 Å². The van der Waals surface area contributed by atoms with Gasteiger partial charge in [-0.2, -0.15) is 0 Å². The van der Waals surface area contributed by atoms with Gasteiger partial charge < -0.3 is 0 Å². The number of rotatable bonds is 1. The molecule has 1 heterocycles. The van der Waals surface area contributed by atoms with Crippen molar-refractivity contribution in [2.45, 2.75) is 6.04 Å². The molecule has 0 saturated carbocycles. The number of nitrogens with zero attached hydrogens (tertiary/aromatic N) is 1. The molecule has 1 aromatic rings. The minimum Gasteiger partial charge on any atom is -0.268 e. The van der Waals surface area contributed by atoms with Crippen molar-refractivity contribution < 1.29 is 4.39 Å². The predicted octanol–water partition coefficient (Wildman–Crippen LogP) is 1.06. The van der Waals surface area contributed by atoms with Crippen LogP contribution in [0.4, 0.5) is 4.39 Å². The van der Waals surface area contributed by atoms with Gasteiger partial charge in [0.2, 0.25) is 0 Å². The molecule has 0 amide bonds. The van der Waals surface area contributed by atoms with E-state index in [4.69, 9.17) is 5.84 Å². The van der Waals surface area contributed by atoms with E-state index in [0.717, 1.165) is 12.1 Å². The summed E-state index contributed by atoms with van der Waals surface area (Å²) in [6, 6.07) is 6.80. The fraction of sp³-hybridized carbons (Fsp3) is 0.250. The van der Waals surface area contributed by atoms with Crippen LogP contribution < -0.4 is 5.84 Å². The summed E-state index contributed by atoms with van der Waals surface area (Å²) < 4.78 is 12.6. The van der Waals surface area contributed by atoms with Crippen molar-refractivity contribution >= 4 is 0 Å². The molecule has 2 nitrogen and oxygen atoms in total. The number of benzene rings is 1. The summed E-state index contributed by atoms with van der Waals surface area (Å²) in [4.78, 5) is 0. The molecule has 2 atom stereocenters. The zero-order valence-corrected chi connectivity index (χ0v) is 6.00. The summed E-state index contributed by atoms with van der Waals surface area (Å²) in [6.45, 7) is 0.837. The van der Waals surface area contributed by atoms with Crippen LogP contribution in [0.15, 0.2) is 24.3 Å². The molecule has 3 heteroatoms. The molecule has 2 N–H and O–H groups in total. The van der Waals surface area contributed by atoms with E-state index < -0.39 is 0 Å². The van der Waals surface area contributed by atoms with Crippen molar-refractivity contribution in [1.29, 1.82) is 0 Å². The molecule has 2 rings (SSSR count). The summed E-state index contributed by atoms with van der Waals surface area (Å²) in [5, 5.41) is 1.68. The van der Waals surface area contributed by atoms with Crippen molar-refractivity contribution in [2.75, 3.05) is 6.54 Å². The van der Waals surface area contributed by atoms with Gasteiger partial charge in [-0.25, -0.2) is 9.40 Å². The molecule has 1 saturated heterocycles. The quantitative estimate of drug-likeness (QED) is 0.481. The number of hydrazine groups is 1. The second-order valence-corrected chi connectivity index (χ2v) is 2.77. The van der Waals surface area contributed by atoms with Gasteiger partial charge in [0, 0.05) is 6.54 Å². The Hall–Kier alpha value is -0.930. The molecule has 58 valence electrons. The lowest BCUT2D eigenvalue weighted by atomic mass is 10.1. The lowest BCUT2D eigenvalue weighted by Gasteiger charge is -1.96. The molecule has 0 spiro atoms. The van der Waals surface area contributed by atoms with Gasteiger partial charge in [0.1, 0.15) is 5.82 Å². The minimum atomic E-state index is -0.192. The summed E-state index contributed by atoms with van der Waals surface area (Å²) in [6.07, 6.45) is 0. The Kier molecular flexibility index (Phi) is 1.41. The number of hydrogen-bond acceptors (Lipinski definition) is 2. The molecule has 0 radical (unpaired) electrons. The largest absolute Gasteiger partial charge is 0.268 e. The Morgan fingerprint density at radius 3 is 2.82 bits per heavy atom. The molecule has 1 aliphatic heterocycles. The topological polar surface area (TPSA) is 29.0 Å². The van der Waals surface area contributed by atoms with E-state index in [2.05, 4.69) is 0 Å². The van der Waals surface area contributed by atoms with E-state index in [1.54, 1.807) is 11.1 Å². The Labute approximate surface area is 64.4 Å². The second kappa shape index (κ2) is 2.29. The molecule has 0 bridgehead atoms. The number of hydrogen-bond donors (Lipinski definition) is 1. The summed E-state index contributed by atoms with van der Waals surface area (Å²) in [7, 11) is 0. The molecule has 1 fully saturated rings. The Morgan fingerprint density at radius 2 is 2.27 bits per heavy atom. The highest BCUT2D eigenvalue weighted by atomic mass is 19.1. The van der Waals surface area contributed by atoms with Crippen LogP contribution in [0.2, 0.25) is 0 Å². The highest BCUT2D eigenvalue weighted by molar-refractivity contribution is 5.23. The van der Waals surface area contributed by atoms with Crippen LogP contribution in [0.3, 0.4) is 0 Å². The first-order chi connectivity index (χ1) is 5.27. The zero-order chi connectivity index (χ0) is 7.84. The van der Waals surface area contributed by atoms with E-state index in [0.29, 0.717) is 0 Å². The fourth-order valence-corrected chi connectivity index (χ4v) is 1.16. The average molecular weight is 152 g/mol. The summed E-state index contributed by atoms with van der Waals surface area (Å²) in [5.41, 5.74) is 0.965. The first-order valence-corrected chi connectivity index (χ1v) is 3.54. The Balaban J connectivity index is 2.25. The third kappa shape index (κ3) is 1.25. The van der Waals surface area contributed by atoms with Crippen LogP contribution in [0.5, 0.6) is 0 Å². The van der Waals surface area contributed by atoms with Gasteiger partial charge in [-0.15, -0.1) is 0 Å². The van der Waals surface area contributed by atoms with Crippen LogP contribution in [-0.4, -0.2) is 11.6 Å². The molecule has 11 heavy (non-hydrogen) atoms. The molecule has 0 aliphatic carbocycles. The standard InChI is InChI=1S/C8H9FN2/c9-7-3-1-2-6(4-7)8-5-11(8)10/h1-4,8H,5,10H2. The van der Waals surface area contributed by atoms with Gasteiger partial charge >= 0.3 is 0 Å². The highest BCUT2D eigenvalue weighted by Gasteiger charge is 2.32.